The van der Waals surface area contributed by atoms with Gasteiger partial charge in [-0.05, 0) is 52.4 Å². The number of nitrogens with zero attached hydrogens (tertiary/aromatic N) is 4. The third-order valence-electron chi connectivity index (χ3n) is 4.36. The van der Waals surface area contributed by atoms with E-state index >= 15 is 0 Å². The van der Waals surface area contributed by atoms with Crippen molar-refractivity contribution in [3.63, 3.8) is 0 Å². The van der Waals surface area contributed by atoms with Crippen molar-refractivity contribution in [2.24, 2.45) is 0 Å². The lowest BCUT2D eigenvalue weighted by atomic mass is 10.1. The van der Waals surface area contributed by atoms with Crippen LogP contribution in [0.1, 0.15) is 11.6 Å². The molecule has 0 spiro atoms. The van der Waals surface area contributed by atoms with Crippen LogP contribution in [-0.4, -0.2) is 26.1 Å². The van der Waals surface area contributed by atoms with Crippen LogP contribution >= 0.6 is 0 Å². The summed E-state index contributed by atoms with van der Waals surface area (Å²) < 4.78 is 7.25. The van der Waals surface area contributed by atoms with Gasteiger partial charge in [0.25, 0.3) is 0 Å². The van der Waals surface area contributed by atoms with E-state index in [4.69, 9.17) is 4.74 Å². The molecule has 144 valence electrons. The Labute approximate surface area is 168 Å². The van der Waals surface area contributed by atoms with Gasteiger partial charge in [0, 0.05) is 12.1 Å². The van der Waals surface area contributed by atoms with Crippen molar-refractivity contribution in [2.45, 2.75) is 12.5 Å². The van der Waals surface area contributed by atoms with Gasteiger partial charge in [0.1, 0.15) is 23.9 Å². The minimum absolute atomic E-state index is 0.196. The zero-order chi connectivity index (χ0) is 19.9. The van der Waals surface area contributed by atoms with E-state index in [-0.39, 0.29) is 5.91 Å². The standard InChI is InChI=1S/C22H19N5O2/c28-22(21(27-16-23-25-26-27)15-17-7-3-1-4-8-17)24-18-11-13-20(14-12-18)29-19-9-5-2-6-10-19/h1-14,16,21H,15H2,(H,24,28)/t21-/m1/s1. The number of benzene rings is 3. The van der Waals surface area contributed by atoms with Crippen LogP contribution < -0.4 is 10.1 Å². The summed E-state index contributed by atoms with van der Waals surface area (Å²) in [6.45, 7) is 0. The van der Waals surface area contributed by atoms with Gasteiger partial charge < -0.3 is 10.1 Å². The molecular weight excluding hydrogens is 366 g/mol. The molecule has 0 saturated carbocycles. The molecule has 0 aliphatic rings. The molecule has 3 aromatic carbocycles. The monoisotopic (exact) mass is 385 g/mol. The van der Waals surface area contributed by atoms with Crippen LogP contribution in [0.5, 0.6) is 11.5 Å². The molecule has 1 heterocycles. The number of tetrazole rings is 1. The maximum atomic E-state index is 12.9. The maximum absolute atomic E-state index is 12.9. The summed E-state index contributed by atoms with van der Waals surface area (Å²) in [5.41, 5.74) is 1.69. The summed E-state index contributed by atoms with van der Waals surface area (Å²) in [6, 6.07) is 26.0. The van der Waals surface area contributed by atoms with Gasteiger partial charge in [0.15, 0.2) is 0 Å². The van der Waals surface area contributed by atoms with Gasteiger partial charge in [-0.15, -0.1) is 5.10 Å². The minimum atomic E-state index is -0.562. The van der Waals surface area contributed by atoms with Gasteiger partial charge in [0.2, 0.25) is 5.91 Å². The molecule has 0 bridgehead atoms. The van der Waals surface area contributed by atoms with E-state index in [2.05, 4.69) is 20.8 Å². The molecule has 4 rings (SSSR count). The molecule has 7 nitrogen and oxygen atoms in total. The van der Waals surface area contributed by atoms with E-state index in [1.807, 2.05) is 72.8 Å². The Kier molecular flexibility index (Phi) is 5.57. The van der Waals surface area contributed by atoms with E-state index in [0.717, 1.165) is 11.3 Å². The molecule has 1 N–H and O–H groups in total. The lowest BCUT2D eigenvalue weighted by molar-refractivity contribution is -0.119. The number of aromatic nitrogens is 4. The summed E-state index contributed by atoms with van der Waals surface area (Å²) in [7, 11) is 0. The second-order valence-electron chi connectivity index (χ2n) is 6.42. The predicted molar refractivity (Wildman–Crippen MR) is 109 cm³/mol. The summed E-state index contributed by atoms with van der Waals surface area (Å²) in [4.78, 5) is 12.9. The van der Waals surface area contributed by atoms with Crippen LogP contribution in [0.25, 0.3) is 0 Å². The number of rotatable bonds is 7. The van der Waals surface area contributed by atoms with Crippen LogP contribution in [-0.2, 0) is 11.2 Å². The summed E-state index contributed by atoms with van der Waals surface area (Å²) in [6.07, 6.45) is 1.93. The number of ether oxygens (including phenoxy) is 1. The number of nitrogens with one attached hydrogen (secondary N) is 1. The van der Waals surface area contributed by atoms with Crippen molar-refractivity contribution in [3.8, 4) is 11.5 Å². The lowest BCUT2D eigenvalue weighted by Gasteiger charge is -2.16. The van der Waals surface area contributed by atoms with Gasteiger partial charge in [-0.25, -0.2) is 4.68 Å². The van der Waals surface area contributed by atoms with E-state index < -0.39 is 6.04 Å². The van der Waals surface area contributed by atoms with Crippen molar-refractivity contribution < 1.29 is 9.53 Å². The third-order valence-corrected chi connectivity index (χ3v) is 4.36. The van der Waals surface area contributed by atoms with Crippen LogP contribution in [0, 0.1) is 0 Å². The molecule has 4 aromatic rings. The smallest absolute Gasteiger partial charge is 0.249 e. The Morgan fingerprint density at radius 1 is 0.897 bits per heavy atom. The first kappa shape index (κ1) is 18.4. The molecule has 0 radical (unpaired) electrons. The summed E-state index contributed by atoms with van der Waals surface area (Å²) in [5, 5.41) is 14.2. The normalized spacial score (nSPS) is 11.6. The molecule has 1 atom stereocenters. The first-order chi connectivity index (χ1) is 14.3. The molecule has 0 saturated heterocycles. The van der Waals surface area contributed by atoms with Crippen LogP contribution in [0.2, 0.25) is 0 Å². The second-order valence-corrected chi connectivity index (χ2v) is 6.42. The fraction of sp³-hybridized carbons (Fsp3) is 0.0909. The Morgan fingerprint density at radius 2 is 1.55 bits per heavy atom. The number of hydrogen-bond acceptors (Lipinski definition) is 5. The number of para-hydroxylation sites is 1. The zero-order valence-electron chi connectivity index (χ0n) is 15.6. The van der Waals surface area contributed by atoms with Crippen LogP contribution in [0.3, 0.4) is 0 Å². The third kappa shape index (κ3) is 4.84. The van der Waals surface area contributed by atoms with Crippen molar-refractivity contribution >= 4 is 11.6 Å². The molecular formula is C22H19N5O2. The molecule has 0 unspecified atom stereocenters. The Balaban J connectivity index is 1.46. The SMILES string of the molecule is O=C(Nc1ccc(Oc2ccccc2)cc1)[C@@H](Cc1ccccc1)n1cnnn1. The first-order valence-corrected chi connectivity index (χ1v) is 9.18. The topological polar surface area (TPSA) is 81.9 Å². The highest BCUT2D eigenvalue weighted by Crippen LogP contribution is 2.23. The molecule has 0 aliphatic carbocycles. The van der Waals surface area contributed by atoms with Crippen molar-refractivity contribution in [3.05, 3.63) is 96.8 Å². The summed E-state index contributed by atoms with van der Waals surface area (Å²) >= 11 is 0. The number of carbonyl (C=O) groups is 1. The quantitative estimate of drug-likeness (QED) is 0.522. The largest absolute Gasteiger partial charge is 0.457 e. The van der Waals surface area contributed by atoms with Gasteiger partial charge >= 0.3 is 0 Å². The van der Waals surface area contributed by atoms with Crippen LogP contribution in [0.15, 0.2) is 91.3 Å². The number of carbonyl (C=O) groups excluding carboxylic acids is 1. The first-order valence-electron chi connectivity index (χ1n) is 9.18. The van der Waals surface area contributed by atoms with Gasteiger partial charge in [-0.3, -0.25) is 4.79 Å². The second kappa shape index (κ2) is 8.79. The van der Waals surface area contributed by atoms with E-state index in [1.165, 1.54) is 11.0 Å². The molecule has 0 fully saturated rings. The Hall–Kier alpha value is -4.00. The van der Waals surface area contributed by atoms with Gasteiger partial charge in [0.05, 0.1) is 0 Å². The van der Waals surface area contributed by atoms with Crippen LogP contribution in [0.4, 0.5) is 5.69 Å². The minimum Gasteiger partial charge on any atom is -0.457 e. The Bertz CT molecular complexity index is 1040. The summed E-state index contributed by atoms with van der Waals surface area (Å²) in [5.74, 6) is 1.25. The zero-order valence-corrected chi connectivity index (χ0v) is 15.6. The fourth-order valence-electron chi connectivity index (χ4n) is 2.91. The van der Waals surface area contributed by atoms with Crippen molar-refractivity contribution in [2.75, 3.05) is 5.32 Å². The molecule has 29 heavy (non-hydrogen) atoms. The number of anilines is 1. The maximum Gasteiger partial charge on any atom is 0.249 e. The van der Waals surface area contributed by atoms with Crippen molar-refractivity contribution in [1.82, 2.24) is 20.2 Å². The molecule has 7 heteroatoms. The van der Waals surface area contributed by atoms with Gasteiger partial charge in [-0.2, -0.15) is 0 Å². The number of amides is 1. The average molecular weight is 385 g/mol. The van der Waals surface area contributed by atoms with Gasteiger partial charge in [-0.1, -0.05) is 48.5 Å². The lowest BCUT2D eigenvalue weighted by Crippen LogP contribution is -2.28. The van der Waals surface area contributed by atoms with Crippen molar-refractivity contribution in [1.29, 1.82) is 0 Å². The van der Waals surface area contributed by atoms with E-state index in [0.29, 0.717) is 17.9 Å². The highest BCUT2D eigenvalue weighted by atomic mass is 16.5. The number of hydrogen-bond donors (Lipinski definition) is 1. The molecule has 1 aromatic heterocycles. The highest BCUT2D eigenvalue weighted by Gasteiger charge is 2.22. The molecule has 0 aliphatic heterocycles. The van der Waals surface area contributed by atoms with E-state index in [1.54, 1.807) is 12.1 Å². The predicted octanol–water partition coefficient (Wildman–Crippen LogP) is 3.89. The molecule has 1 amide bonds. The average Bonchev–Trinajstić information content (AvgIpc) is 3.29. The fourth-order valence-corrected chi connectivity index (χ4v) is 2.91. The van der Waals surface area contributed by atoms with E-state index in [9.17, 15) is 4.79 Å². The Morgan fingerprint density at radius 3 is 2.21 bits per heavy atom. The highest BCUT2D eigenvalue weighted by molar-refractivity contribution is 5.93.